The number of hydrogen-bond acceptors (Lipinski definition) is 8. The zero-order chi connectivity index (χ0) is 27.7. The summed E-state index contributed by atoms with van der Waals surface area (Å²) in [4.78, 5) is 25.5. The highest BCUT2D eigenvalue weighted by molar-refractivity contribution is 5.94. The number of benzene rings is 2. The summed E-state index contributed by atoms with van der Waals surface area (Å²) in [5.74, 6) is -1.78. The van der Waals surface area contributed by atoms with Crippen LogP contribution in [0.25, 0.3) is 17.0 Å². The summed E-state index contributed by atoms with van der Waals surface area (Å²) in [5.41, 5.74) is 14.3. The minimum atomic E-state index is -1.36. The molecule has 0 aliphatic carbocycles. The van der Waals surface area contributed by atoms with Gasteiger partial charge in [-0.1, -0.05) is 30.3 Å². The maximum atomic E-state index is 14.3. The molecule has 0 saturated carbocycles. The average molecular weight is 527 g/mol. The van der Waals surface area contributed by atoms with Gasteiger partial charge in [0.05, 0.1) is 35.6 Å². The SMILES string of the molecule is N#Cc1ccc(CN(C(=O)O)c2c(N)nc(-n3nc(Cc4ccccc4F)c4ncc(F)cc43)nc2N)cc1. The summed E-state index contributed by atoms with van der Waals surface area (Å²) in [6.07, 6.45) is -0.299. The number of anilines is 3. The molecule has 5 N–H and O–H groups in total. The highest BCUT2D eigenvalue weighted by Gasteiger charge is 2.25. The molecular formula is C26H19F2N9O2. The number of nitriles is 1. The molecule has 1 amide bonds. The molecule has 0 bridgehead atoms. The first-order chi connectivity index (χ1) is 18.7. The molecule has 0 radical (unpaired) electrons. The molecule has 0 aliphatic rings. The molecule has 0 atom stereocenters. The van der Waals surface area contributed by atoms with Crippen LogP contribution in [0.2, 0.25) is 0 Å². The van der Waals surface area contributed by atoms with E-state index in [4.69, 9.17) is 16.7 Å². The Hall–Kier alpha value is -5.64. The number of halogens is 2. The van der Waals surface area contributed by atoms with Crippen molar-refractivity contribution < 1.29 is 18.7 Å². The van der Waals surface area contributed by atoms with E-state index in [1.54, 1.807) is 42.5 Å². The Kier molecular flexibility index (Phi) is 6.43. The third-order valence-electron chi connectivity index (χ3n) is 5.91. The van der Waals surface area contributed by atoms with Crippen LogP contribution >= 0.6 is 0 Å². The van der Waals surface area contributed by atoms with Crippen LogP contribution in [0.3, 0.4) is 0 Å². The molecule has 3 aromatic heterocycles. The second kappa shape index (κ2) is 10.0. The van der Waals surface area contributed by atoms with Gasteiger partial charge in [-0.2, -0.15) is 25.0 Å². The van der Waals surface area contributed by atoms with Crippen molar-refractivity contribution in [3.63, 3.8) is 0 Å². The number of aromatic nitrogens is 5. The van der Waals surface area contributed by atoms with Gasteiger partial charge in [0.15, 0.2) is 11.6 Å². The molecule has 3 heterocycles. The first-order valence-electron chi connectivity index (χ1n) is 11.4. The van der Waals surface area contributed by atoms with E-state index in [0.29, 0.717) is 22.4 Å². The Bertz CT molecular complexity index is 1740. The van der Waals surface area contributed by atoms with Gasteiger partial charge in [0.1, 0.15) is 22.8 Å². The van der Waals surface area contributed by atoms with Crippen LogP contribution in [0.4, 0.5) is 30.9 Å². The molecule has 13 heteroatoms. The van der Waals surface area contributed by atoms with E-state index in [1.807, 2.05) is 6.07 Å². The minimum absolute atomic E-state index is 0.0508. The molecule has 5 aromatic rings. The van der Waals surface area contributed by atoms with Crippen molar-refractivity contribution in [2.24, 2.45) is 0 Å². The van der Waals surface area contributed by atoms with E-state index in [9.17, 15) is 18.7 Å². The number of rotatable bonds is 6. The fourth-order valence-corrected chi connectivity index (χ4v) is 4.09. The van der Waals surface area contributed by atoms with Crippen molar-refractivity contribution in [1.29, 1.82) is 5.26 Å². The van der Waals surface area contributed by atoms with Crippen molar-refractivity contribution in [2.75, 3.05) is 16.4 Å². The number of carbonyl (C=O) groups is 1. The zero-order valence-corrected chi connectivity index (χ0v) is 20.1. The average Bonchev–Trinajstić information content (AvgIpc) is 3.26. The summed E-state index contributed by atoms with van der Waals surface area (Å²) < 4.78 is 29.6. The predicted octanol–water partition coefficient (Wildman–Crippen LogP) is 3.80. The number of nitrogens with two attached hydrogens (primary N) is 2. The number of nitrogens with zero attached hydrogens (tertiary/aromatic N) is 7. The van der Waals surface area contributed by atoms with E-state index < -0.39 is 17.7 Å². The van der Waals surface area contributed by atoms with Gasteiger partial charge in [-0.05, 0) is 29.3 Å². The Morgan fingerprint density at radius 2 is 1.77 bits per heavy atom. The Labute approximate surface area is 219 Å². The van der Waals surface area contributed by atoms with Crippen LogP contribution in [0.15, 0.2) is 60.8 Å². The second-order valence-corrected chi connectivity index (χ2v) is 8.47. The Morgan fingerprint density at radius 1 is 1.08 bits per heavy atom. The number of fused-ring (bicyclic) bond motifs is 1. The predicted molar refractivity (Wildman–Crippen MR) is 138 cm³/mol. The number of pyridine rings is 1. The number of nitrogen functional groups attached to an aromatic ring is 2. The van der Waals surface area contributed by atoms with Crippen LogP contribution in [0.1, 0.15) is 22.4 Å². The van der Waals surface area contributed by atoms with Crippen molar-refractivity contribution in [1.82, 2.24) is 24.7 Å². The maximum absolute atomic E-state index is 14.3. The third-order valence-corrected chi connectivity index (χ3v) is 5.91. The Morgan fingerprint density at radius 3 is 2.41 bits per heavy atom. The fourth-order valence-electron chi connectivity index (χ4n) is 4.09. The molecule has 0 fully saturated rings. The monoisotopic (exact) mass is 527 g/mol. The summed E-state index contributed by atoms with van der Waals surface area (Å²) in [6, 6.07) is 15.6. The van der Waals surface area contributed by atoms with E-state index >= 15 is 0 Å². The van der Waals surface area contributed by atoms with Gasteiger partial charge in [0.25, 0.3) is 5.95 Å². The van der Waals surface area contributed by atoms with E-state index in [2.05, 4.69) is 20.1 Å². The first kappa shape index (κ1) is 25.0. The van der Waals surface area contributed by atoms with Gasteiger partial charge in [-0.3, -0.25) is 4.90 Å². The lowest BCUT2D eigenvalue weighted by molar-refractivity contribution is 0.201. The lowest BCUT2D eigenvalue weighted by Crippen LogP contribution is -2.31. The van der Waals surface area contributed by atoms with Crippen molar-refractivity contribution in [3.8, 4) is 12.0 Å². The number of hydrogen-bond donors (Lipinski definition) is 3. The summed E-state index contributed by atoms with van der Waals surface area (Å²) >= 11 is 0. The minimum Gasteiger partial charge on any atom is -0.465 e. The van der Waals surface area contributed by atoms with Crippen molar-refractivity contribution in [2.45, 2.75) is 13.0 Å². The molecule has 0 aliphatic heterocycles. The smallest absolute Gasteiger partial charge is 0.412 e. The van der Waals surface area contributed by atoms with Crippen LogP contribution in [0.5, 0.6) is 0 Å². The first-order valence-corrected chi connectivity index (χ1v) is 11.4. The zero-order valence-electron chi connectivity index (χ0n) is 20.1. The summed E-state index contributed by atoms with van der Waals surface area (Å²) in [5, 5.41) is 23.3. The van der Waals surface area contributed by atoms with Gasteiger partial charge in [0.2, 0.25) is 0 Å². The third kappa shape index (κ3) is 4.86. The summed E-state index contributed by atoms with van der Waals surface area (Å²) in [7, 11) is 0. The highest BCUT2D eigenvalue weighted by Crippen LogP contribution is 2.31. The molecule has 5 rings (SSSR count). The van der Waals surface area contributed by atoms with Gasteiger partial charge >= 0.3 is 6.09 Å². The lowest BCUT2D eigenvalue weighted by Gasteiger charge is -2.22. The van der Waals surface area contributed by atoms with Gasteiger partial charge in [-0.25, -0.2) is 18.6 Å². The van der Waals surface area contributed by atoms with Crippen LogP contribution < -0.4 is 16.4 Å². The quantitative estimate of drug-likeness (QED) is 0.297. The van der Waals surface area contributed by atoms with E-state index in [1.165, 1.54) is 10.7 Å². The van der Waals surface area contributed by atoms with Crippen molar-refractivity contribution in [3.05, 3.63) is 94.8 Å². The topological polar surface area (TPSA) is 173 Å². The van der Waals surface area contributed by atoms with Crippen LogP contribution in [-0.2, 0) is 13.0 Å². The molecule has 0 saturated heterocycles. The van der Waals surface area contributed by atoms with Crippen LogP contribution in [-0.4, -0.2) is 35.9 Å². The number of carboxylic acid groups (broad SMARTS) is 1. The molecule has 0 unspecified atom stereocenters. The molecular weight excluding hydrogens is 508 g/mol. The van der Waals surface area contributed by atoms with Gasteiger partial charge in [0, 0.05) is 12.5 Å². The largest absolute Gasteiger partial charge is 0.465 e. The number of amides is 1. The lowest BCUT2D eigenvalue weighted by atomic mass is 10.1. The normalized spacial score (nSPS) is 10.9. The van der Waals surface area contributed by atoms with Crippen LogP contribution in [0, 0.1) is 23.0 Å². The fraction of sp³-hybridized carbons (Fsp3) is 0.0769. The van der Waals surface area contributed by atoms with E-state index in [-0.39, 0.29) is 47.3 Å². The maximum Gasteiger partial charge on any atom is 0.412 e. The van der Waals surface area contributed by atoms with Gasteiger partial charge < -0.3 is 16.6 Å². The standard InChI is InChI=1S/C26H19F2N9O2/c27-17-10-20-21(32-12-17)19(9-16-3-1-2-4-18(16)28)35-37(20)25-33-23(30)22(24(31)34-25)36(26(38)39)13-15-7-5-14(11-29)6-8-15/h1-8,10,12H,9,13H2,(H,38,39)(H4,30,31,33,34). The molecule has 194 valence electrons. The second-order valence-electron chi connectivity index (χ2n) is 8.47. The van der Waals surface area contributed by atoms with Crippen molar-refractivity contribution >= 4 is 34.4 Å². The summed E-state index contributed by atoms with van der Waals surface area (Å²) in [6.45, 7) is -0.148. The molecule has 11 nitrogen and oxygen atoms in total. The Balaban J connectivity index is 1.57. The molecule has 2 aromatic carbocycles. The molecule has 0 spiro atoms. The highest BCUT2D eigenvalue weighted by atomic mass is 19.1. The molecule has 39 heavy (non-hydrogen) atoms. The van der Waals surface area contributed by atoms with Gasteiger partial charge in [-0.15, -0.1) is 0 Å². The van der Waals surface area contributed by atoms with E-state index in [0.717, 1.165) is 17.2 Å².